The molecule has 28 heavy (non-hydrogen) atoms. The standard InChI is InChI=1S/C20H14BrClN4O2/c21-16-10-15(26(25-16)18-14(22)6-3-9-23-18)19-24-17-12-5-2-1-4-11(12)7-8-13(17)20(27)28-19/h3,6-10H,1-2,4-5H2. The monoisotopic (exact) mass is 456 g/mol. The zero-order valence-electron chi connectivity index (χ0n) is 14.7. The van der Waals surface area contributed by atoms with Crippen molar-refractivity contribution in [2.45, 2.75) is 25.7 Å². The average Bonchev–Trinajstić information content (AvgIpc) is 3.09. The number of benzene rings is 1. The first kappa shape index (κ1) is 17.6. The predicted molar refractivity (Wildman–Crippen MR) is 110 cm³/mol. The van der Waals surface area contributed by atoms with Crippen LogP contribution in [0, 0.1) is 0 Å². The SMILES string of the molecule is O=c1oc(-c2cc(Br)nn2-c2ncccc2Cl)nc2c3c(ccc12)CCCC3. The molecule has 5 rings (SSSR count). The maximum atomic E-state index is 12.7. The Kier molecular flexibility index (Phi) is 4.29. The second kappa shape index (κ2) is 6.83. The Morgan fingerprint density at radius 1 is 1.18 bits per heavy atom. The van der Waals surface area contributed by atoms with Gasteiger partial charge in [-0.05, 0) is 70.9 Å². The van der Waals surface area contributed by atoms with Crippen LogP contribution in [0.2, 0.25) is 5.02 Å². The first-order chi connectivity index (χ1) is 13.6. The summed E-state index contributed by atoms with van der Waals surface area (Å²) in [6.07, 6.45) is 5.80. The van der Waals surface area contributed by atoms with Crippen LogP contribution < -0.4 is 5.63 Å². The van der Waals surface area contributed by atoms with E-state index in [1.165, 1.54) is 10.2 Å². The van der Waals surface area contributed by atoms with Crippen LogP contribution in [-0.4, -0.2) is 19.7 Å². The number of rotatable bonds is 2. The lowest BCUT2D eigenvalue weighted by molar-refractivity contribution is 0.512. The molecular formula is C20H14BrClN4O2. The van der Waals surface area contributed by atoms with Crippen LogP contribution in [0.1, 0.15) is 24.0 Å². The Labute approximate surface area is 173 Å². The quantitative estimate of drug-likeness (QED) is 0.435. The Balaban J connectivity index is 1.77. The third kappa shape index (κ3) is 2.86. The summed E-state index contributed by atoms with van der Waals surface area (Å²) in [5, 5.41) is 5.34. The van der Waals surface area contributed by atoms with E-state index in [0.29, 0.717) is 32.0 Å². The molecule has 1 aliphatic rings. The Morgan fingerprint density at radius 3 is 2.89 bits per heavy atom. The number of pyridine rings is 1. The lowest BCUT2D eigenvalue weighted by Gasteiger charge is -2.17. The van der Waals surface area contributed by atoms with Crippen molar-refractivity contribution in [3.8, 4) is 17.4 Å². The van der Waals surface area contributed by atoms with Gasteiger partial charge in [-0.2, -0.15) is 5.10 Å². The topological polar surface area (TPSA) is 73.8 Å². The molecule has 0 bridgehead atoms. The van der Waals surface area contributed by atoms with Crippen LogP contribution in [-0.2, 0) is 12.8 Å². The molecule has 0 atom stereocenters. The fourth-order valence-electron chi connectivity index (χ4n) is 3.68. The lowest BCUT2D eigenvalue weighted by atomic mass is 9.90. The van der Waals surface area contributed by atoms with Gasteiger partial charge in [-0.3, -0.25) is 0 Å². The number of aryl methyl sites for hydroxylation is 2. The molecule has 1 aromatic carbocycles. The van der Waals surface area contributed by atoms with Gasteiger partial charge in [0.05, 0.1) is 15.9 Å². The molecule has 1 aliphatic carbocycles. The third-order valence-corrected chi connectivity index (χ3v) is 5.65. The zero-order valence-corrected chi connectivity index (χ0v) is 17.0. The van der Waals surface area contributed by atoms with Crippen molar-refractivity contribution in [1.82, 2.24) is 19.7 Å². The number of aromatic nitrogens is 4. The highest BCUT2D eigenvalue weighted by Gasteiger charge is 2.21. The summed E-state index contributed by atoms with van der Waals surface area (Å²) in [5.41, 5.74) is 3.19. The van der Waals surface area contributed by atoms with Crippen LogP contribution in [0.3, 0.4) is 0 Å². The van der Waals surface area contributed by atoms with Gasteiger partial charge in [0.15, 0.2) is 5.82 Å². The second-order valence-electron chi connectivity index (χ2n) is 6.69. The first-order valence-electron chi connectivity index (χ1n) is 8.94. The molecule has 140 valence electrons. The van der Waals surface area contributed by atoms with Gasteiger partial charge in [-0.25, -0.2) is 19.4 Å². The molecule has 3 heterocycles. The van der Waals surface area contributed by atoms with E-state index in [1.54, 1.807) is 24.4 Å². The van der Waals surface area contributed by atoms with Crippen molar-refractivity contribution in [1.29, 1.82) is 0 Å². The third-order valence-electron chi connectivity index (χ3n) is 4.96. The highest BCUT2D eigenvalue weighted by molar-refractivity contribution is 9.10. The average molecular weight is 458 g/mol. The zero-order chi connectivity index (χ0) is 19.3. The van der Waals surface area contributed by atoms with Crippen molar-refractivity contribution < 1.29 is 4.42 Å². The second-order valence-corrected chi connectivity index (χ2v) is 7.91. The highest BCUT2D eigenvalue weighted by Crippen LogP contribution is 2.30. The van der Waals surface area contributed by atoms with Gasteiger partial charge in [0.2, 0.25) is 5.89 Å². The molecular weight excluding hydrogens is 444 g/mol. The molecule has 0 unspecified atom stereocenters. The molecule has 0 radical (unpaired) electrons. The van der Waals surface area contributed by atoms with Crippen molar-refractivity contribution in [2.24, 2.45) is 0 Å². The van der Waals surface area contributed by atoms with Crippen LogP contribution in [0.25, 0.3) is 28.3 Å². The van der Waals surface area contributed by atoms with Crippen molar-refractivity contribution in [2.75, 3.05) is 0 Å². The molecule has 4 aromatic rings. The van der Waals surface area contributed by atoms with E-state index in [0.717, 1.165) is 31.2 Å². The molecule has 0 saturated heterocycles. The van der Waals surface area contributed by atoms with Crippen LogP contribution in [0.4, 0.5) is 0 Å². The number of hydrogen-bond donors (Lipinski definition) is 0. The van der Waals surface area contributed by atoms with Crippen LogP contribution in [0.15, 0.2) is 50.3 Å². The summed E-state index contributed by atoms with van der Waals surface area (Å²) < 4.78 is 7.65. The molecule has 0 amide bonds. The largest absolute Gasteiger partial charge is 0.401 e. The summed E-state index contributed by atoms with van der Waals surface area (Å²) >= 11 is 9.68. The molecule has 8 heteroatoms. The smallest absolute Gasteiger partial charge is 0.347 e. The fourth-order valence-corrected chi connectivity index (χ4v) is 4.25. The van der Waals surface area contributed by atoms with Crippen LogP contribution in [0.5, 0.6) is 0 Å². The number of hydrogen-bond acceptors (Lipinski definition) is 5. The minimum absolute atomic E-state index is 0.191. The van der Waals surface area contributed by atoms with E-state index in [4.69, 9.17) is 21.0 Å². The first-order valence-corrected chi connectivity index (χ1v) is 10.1. The highest BCUT2D eigenvalue weighted by atomic mass is 79.9. The normalized spacial score (nSPS) is 13.6. The van der Waals surface area contributed by atoms with E-state index in [-0.39, 0.29) is 5.89 Å². The van der Waals surface area contributed by atoms with E-state index in [9.17, 15) is 4.79 Å². The lowest BCUT2D eigenvalue weighted by Crippen LogP contribution is -2.11. The van der Waals surface area contributed by atoms with E-state index in [2.05, 4.69) is 26.0 Å². The van der Waals surface area contributed by atoms with E-state index >= 15 is 0 Å². The summed E-state index contributed by atoms with van der Waals surface area (Å²) in [4.78, 5) is 21.7. The minimum Gasteiger partial charge on any atom is -0.401 e. The summed E-state index contributed by atoms with van der Waals surface area (Å²) in [5.74, 6) is 0.626. The summed E-state index contributed by atoms with van der Waals surface area (Å²) in [6, 6.07) is 9.03. The molecule has 0 spiro atoms. The molecule has 0 fully saturated rings. The van der Waals surface area contributed by atoms with Gasteiger partial charge in [0, 0.05) is 12.3 Å². The minimum atomic E-state index is -0.413. The van der Waals surface area contributed by atoms with Crippen LogP contribution >= 0.6 is 27.5 Å². The summed E-state index contributed by atoms with van der Waals surface area (Å²) in [6.45, 7) is 0. The van der Waals surface area contributed by atoms with Crippen molar-refractivity contribution in [3.05, 3.63) is 67.7 Å². The van der Waals surface area contributed by atoms with E-state index in [1.807, 2.05) is 12.1 Å². The van der Waals surface area contributed by atoms with Gasteiger partial charge in [0.1, 0.15) is 10.3 Å². The fraction of sp³-hybridized carbons (Fsp3) is 0.200. The molecule has 0 aliphatic heterocycles. The Morgan fingerprint density at radius 2 is 2.04 bits per heavy atom. The molecule has 0 saturated carbocycles. The number of nitrogens with zero attached hydrogens (tertiary/aromatic N) is 4. The van der Waals surface area contributed by atoms with Crippen molar-refractivity contribution in [3.63, 3.8) is 0 Å². The van der Waals surface area contributed by atoms with Crippen molar-refractivity contribution >= 4 is 38.4 Å². The Bertz CT molecular complexity index is 1280. The molecule has 0 N–H and O–H groups in total. The van der Waals surface area contributed by atoms with Gasteiger partial charge in [-0.15, -0.1) is 0 Å². The van der Waals surface area contributed by atoms with Gasteiger partial charge in [0.25, 0.3) is 0 Å². The van der Waals surface area contributed by atoms with Gasteiger partial charge < -0.3 is 4.42 Å². The number of fused-ring (bicyclic) bond motifs is 3. The Hall–Kier alpha value is -2.51. The maximum Gasteiger partial charge on any atom is 0.347 e. The number of halogens is 2. The van der Waals surface area contributed by atoms with E-state index < -0.39 is 5.63 Å². The molecule has 3 aromatic heterocycles. The molecule has 6 nitrogen and oxygen atoms in total. The van der Waals surface area contributed by atoms with Gasteiger partial charge >= 0.3 is 5.63 Å². The summed E-state index contributed by atoms with van der Waals surface area (Å²) in [7, 11) is 0. The maximum absolute atomic E-state index is 12.7. The predicted octanol–water partition coefficient (Wildman–Crippen LogP) is 4.73. The van der Waals surface area contributed by atoms with Gasteiger partial charge in [-0.1, -0.05) is 17.7 Å².